The zero-order valence-electron chi connectivity index (χ0n) is 7.64. The Morgan fingerprint density at radius 3 is 3.00 bits per heavy atom. The number of hydrogen-bond acceptors (Lipinski definition) is 7. The van der Waals surface area contributed by atoms with Gasteiger partial charge in [-0.3, -0.25) is 0 Å². The first-order valence-corrected chi connectivity index (χ1v) is 5.53. The summed E-state index contributed by atoms with van der Waals surface area (Å²) < 4.78 is 17.7. The summed E-state index contributed by atoms with van der Waals surface area (Å²) >= 11 is 2.32. The molecule has 5 nitrogen and oxygen atoms in total. The Morgan fingerprint density at radius 2 is 2.33 bits per heavy atom. The van der Waals surface area contributed by atoms with E-state index in [0.29, 0.717) is 10.3 Å². The van der Waals surface area contributed by atoms with Crippen molar-refractivity contribution in [1.29, 1.82) is 0 Å². The monoisotopic (exact) mass is 243 g/mol. The van der Waals surface area contributed by atoms with E-state index in [1.807, 2.05) is 0 Å². The first-order valence-electron chi connectivity index (χ1n) is 3.94. The molecule has 0 spiro atoms. The summed E-state index contributed by atoms with van der Waals surface area (Å²) in [5.41, 5.74) is 0. The first kappa shape index (κ1) is 10.2. The molecule has 2 rings (SSSR count). The van der Waals surface area contributed by atoms with Gasteiger partial charge < -0.3 is 5.32 Å². The highest BCUT2D eigenvalue weighted by Gasteiger charge is 2.09. The highest BCUT2D eigenvalue weighted by Crippen LogP contribution is 2.28. The second-order valence-corrected chi connectivity index (χ2v) is 4.42. The molecule has 0 saturated heterocycles. The van der Waals surface area contributed by atoms with Gasteiger partial charge in [0.2, 0.25) is 5.95 Å². The van der Waals surface area contributed by atoms with Crippen LogP contribution in [0.2, 0.25) is 0 Å². The van der Waals surface area contributed by atoms with Crippen LogP contribution in [0, 0.1) is 5.82 Å². The van der Waals surface area contributed by atoms with Crippen LogP contribution >= 0.6 is 23.3 Å². The molecule has 78 valence electrons. The van der Waals surface area contributed by atoms with Gasteiger partial charge in [0.1, 0.15) is 11.4 Å². The minimum Gasteiger partial charge on any atom is -0.357 e. The Morgan fingerprint density at radius 1 is 1.47 bits per heavy atom. The molecular formula is C7H6FN5S2. The Bertz CT molecular complexity index is 447. The van der Waals surface area contributed by atoms with Crippen molar-refractivity contribution in [3.05, 3.63) is 18.3 Å². The van der Waals surface area contributed by atoms with Crippen molar-refractivity contribution in [3.8, 4) is 0 Å². The van der Waals surface area contributed by atoms with Crippen LogP contribution in [-0.2, 0) is 0 Å². The Kier molecular flexibility index (Phi) is 3.07. The molecule has 0 radical (unpaired) electrons. The van der Waals surface area contributed by atoms with E-state index in [1.54, 1.807) is 7.05 Å². The van der Waals surface area contributed by atoms with Gasteiger partial charge in [0.05, 0.1) is 6.20 Å². The van der Waals surface area contributed by atoms with Crippen molar-refractivity contribution in [2.45, 2.75) is 9.37 Å². The van der Waals surface area contributed by atoms with Crippen molar-refractivity contribution in [3.63, 3.8) is 0 Å². The summed E-state index contributed by atoms with van der Waals surface area (Å²) in [6.07, 6.45) is 2.55. The lowest BCUT2D eigenvalue weighted by Gasteiger charge is -2.01. The van der Waals surface area contributed by atoms with Gasteiger partial charge in [-0.15, -0.1) is 0 Å². The maximum atomic E-state index is 13.3. The lowest BCUT2D eigenvalue weighted by atomic mass is 10.6. The average Bonchev–Trinajstić information content (AvgIpc) is 2.74. The van der Waals surface area contributed by atoms with Crippen LogP contribution in [0.3, 0.4) is 0 Å². The molecule has 0 atom stereocenters. The van der Waals surface area contributed by atoms with Crippen LogP contribution in [0.1, 0.15) is 0 Å². The van der Waals surface area contributed by atoms with E-state index in [1.165, 1.54) is 17.9 Å². The third kappa shape index (κ3) is 2.39. The van der Waals surface area contributed by atoms with E-state index in [-0.39, 0.29) is 5.03 Å². The Hall–Kier alpha value is -1.28. The van der Waals surface area contributed by atoms with Crippen molar-refractivity contribution in [1.82, 2.24) is 19.3 Å². The van der Waals surface area contributed by atoms with Crippen LogP contribution < -0.4 is 5.32 Å². The highest BCUT2D eigenvalue weighted by atomic mass is 32.2. The normalized spacial score (nSPS) is 10.3. The average molecular weight is 243 g/mol. The molecule has 0 aliphatic rings. The summed E-state index contributed by atoms with van der Waals surface area (Å²) in [6, 6.07) is 0. The molecule has 0 unspecified atom stereocenters. The van der Waals surface area contributed by atoms with Gasteiger partial charge >= 0.3 is 0 Å². The van der Waals surface area contributed by atoms with Crippen molar-refractivity contribution >= 4 is 29.2 Å². The standard InChI is InChI=1S/C7H6FN5S2/c1-9-6-10-2-4(8)5(13-6)14-7-11-3-12-15-7/h2-3H,1H3,(H,9,10,13). The fourth-order valence-corrected chi connectivity index (χ4v) is 2.18. The molecule has 0 saturated carbocycles. The maximum absolute atomic E-state index is 13.3. The number of hydrogen-bond donors (Lipinski definition) is 1. The van der Waals surface area contributed by atoms with E-state index >= 15 is 0 Å². The number of nitrogens with one attached hydrogen (secondary N) is 1. The van der Waals surface area contributed by atoms with E-state index in [4.69, 9.17) is 0 Å². The minimum absolute atomic E-state index is 0.242. The largest absolute Gasteiger partial charge is 0.357 e. The molecule has 2 aromatic heterocycles. The molecule has 15 heavy (non-hydrogen) atoms. The quantitative estimate of drug-likeness (QED) is 0.827. The molecule has 0 aliphatic heterocycles. The van der Waals surface area contributed by atoms with Crippen LogP contribution in [0.5, 0.6) is 0 Å². The highest BCUT2D eigenvalue weighted by molar-refractivity contribution is 8.00. The van der Waals surface area contributed by atoms with Gasteiger partial charge in [-0.2, -0.15) is 4.37 Å². The topological polar surface area (TPSA) is 63.6 Å². The summed E-state index contributed by atoms with van der Waals surface area (Å²) in [4.78, 5) is 11.6. The zero-order valence-corrected chi connectivity index (χ0v) is 9.27. The van der Waals surface area contributed by atoms with Crippen LogP contribution in [0.25, 0.3) is 0 Å². The van der Waals surface area contributed by atoms with Gasteiger partial charge in [-0.05, 0) is 23.3 Å². The Labute approximate surface area is 93.4 Å². The van der Waals surface area contributed by atoms with Gasteiger partial charge in [-0.25, -0.2) is 19.3 Å². The molecule has 1 N–H and O–H groups in total. The summed E-state index contributed by atoms with van der Waals surface area (Å²) in [7, 11) is 1.67. The van der Waals surface area contributed by atoms with E-state index in [9.17, 15) is 4.39 Å². The number of rotatable bonds is 3. The van der Waals surface area contributed by atoms with Crippen molar-refractivity contribution in [2.75, 3.05) is 12.4 Å². The zero-order chi connectivity index (χ0) is 10.7. The fourth-order valence-electron chi connectivity index (χ4n) is 0.834. The maximum Gasteiger partial charge on any atom is 0.223 e. The van der Waals surface area contributed by atoms with Gasteiger partial charge in [0, 0.05) is 7.05 Å². The number of nitrogens with zero attached hydrogens (tertiary/aromatic N) is 4. The molecule has 0 bridgehead atoms. The SMILES string of the molecule is CNc1ncc(F)c(Sc2ncns2)n1. The second kappa shape index (κ2) is 4.49. The fraction of sp³-hybridized carbons (Fsp3) is 0.143. The van der Waals surface area contributed by atoms with E-state index in [0.717, 1.165) is 18.0 Å². The smallest absolute Gasteiger partial charge is 0.223 e. The molecular weight excluding hydrogens is 237 g/mol. The third-order valence-corrected chi connectivity index (χ3v) is 3.16. The summed E-state index contributed by atoms with van der Waals surface area (Å²) in [5.74, 6) is -0.0855. The summed E-state index contributed by atoms with van der Waals surface area (Å²) in [5, 5.41) is 2.98. The number of anilines is 1. The molecule has 2 aromatic rings. The molecule has 2 heterocycles. The minimum atomic E-state index is -0.464. The van der Waals surface area contributed by atoms with Crippen LogP contribution in [0.4, 0.5) is 10.3 Å². The van der Waals surface area contributed by atoms with Crippen LogP contribution in [-0.4, -0.2) is 26.4 Å². The summed E-state index contributed by atoms with van der Waals surface area (Å²) in [6.45, 7) is 0. The van der Waals surface area contributed by atoms with Gasteiger partial charge in [0.15, 0.2) is 10.2 Å². The lowest BCUT2D eigenvalue weighted by Crippen LogP contribution is -1.98. The number of halogens is 1. The predicted molar refractivity (Wildman–Crippen MR) is 55.6 cm³/mol. The molecule has 0 amide bonds. The van der Waals surface area contributed by atoms with E-state index in [2.05, 4.69) is 24.6 Å². The number of aromatic nitrogens is 4. The Balaban J connectivity index is 2.27. The third-order valence-electron chi connectivity index (χ3n) is 1.46. The molecule has 0 aliphatic carbocycles. The van der Waals surface area contributed by atoms with Gasteiger partial charge in [0.25, 0.3) is 0 Å². The first-order chi connectivity index (χ1) is 7.29. The predicted octanol–water partition coefficient (Wildman–Crippen LogP) is 1.66. The van der Waals surface area contributed by atoms with Crippen LogP contribution in [0.15, 0.2) is 21.9 Å². The van der Waals surface area contributed by atoms with Gasteiger partial charge in [-0.1, -0.05) is 0 Å². The van der Waals surface area contributed by atoms with Crippen molar-refractivity contribution in [2.24, 2.45) is 0 Å². The molecule has 8 heteroatoms. The second-order valence-electron chi connectivity index (χ2n) is 2.41. The molecule has 0 fully saturated rings. The molecule has 0 aromatic carbocycles. The van der Waals surface area contributed by atoms with Crippen molar-refractivity contribution < 1.29 is 4.39 Å². The van der Waals surface area contributed by atoms with E-state index < -0.39 is 5.82 Å². The lowest BCUT2D eigenvalue weighted by molar-refractivity contribution is 0.580.